The zero-order valence-electron chi connectivity index (χ0n) is 13.6. The molecule has 124 valence electrons. The first-order valence-corrected chi connectivity index (χ1v) is 7.90. The third-order valence-electron chi connectivity index (χ3n) is 3.88. The van der Waals surface area contributed by atoms with Gasteiger partial charge in [0.15, 0.2) is 0 Å². The third kappa shape index (κ3) is 2.98. The molecule has 0 saturated heterocycles. The Bertz CT molecular complexity index is 850. The van der Waals surface area contributed by atoms with E-state index in [4.69, 9.17) is 5.11 Å². The molecule has 2 rings (SSSR count). The first-order valence-electron chi connectivity index (χ1n) is 7.08. The van der Waals surface area contributed by atoms with E-state index >= 15 is 0 Å². The van der Waals surface area contributed by atoms with Crippen molar-refractivity contribution in [1.82, 2.24) is 14.9 Å². The summed E-state index contributed by atoms with van der Waals surface area (Å²) >= 11 is 1.43. The quantitative estimate of drug-likeness (QED) is 0.883. The van der Waals surface area contributed by atoms with Gasteiger partial charge in [0.05, 0.1) is 11.7 Å². The molecule has 0 fully saturated rings. The molecule has 1 unspecified atom stereocenters. The van der Waals surface area contributed by atoms with Crippen LogP contribution in [0, 0.1) is 13.8 Å². The number of fused-ring (bicyclic) bond motifs is 1. The monoisotopic (exact) mass is 337 g/mol. The minimum atomic E-state index is -1.42. The van der Waals surface area contributed by atoms with Crippen molar-refractivity contribution in [3.05, 3.63) is 27.1 Å². The fourth-order valence-corrected chi connectivity index (χ4v) is 3.10. The summed E-state index contributed by atoms with van der Waals surface area (Å²) in [5, 5.41) is 12.0. The molecule has 2 N–H and O–H groups in total. The summed E-state index contributed by atoms with van der Waals surface area (Å²) in [5.74, 6) is -1.70. The Kier molecular flexibility index (Phi) is 4.30. The van der Waals surface area contributed by atoms with E-state index in [0.29, 0.717) is 10.2 Å². The normalized spacial score (nSPS) is 13.1. The number of nitrogens with one attached hydrogen (secondary N) is 1. The van der Waals surface area contributed by atoms with E-state index in [0.717, 1.165) is 10.4 Å². The molecule has 2 aromatic heterocycles. The highest BCUT2D eigenvalue weighted by Gasteiger charge is 2.31. The fourth-order valence-electron chi connectivity index (χ4n) is 2.12. The van der Waals surface area contributed by atoms with E-state index in [1.807, 2.05) is 13.8 Å². The summed E-state index contributed by atoms with van der Waals surface area (Å²) in [6.45, 7) is 8.07. The Morgan fingerprint density at radius 1 is 1.39 bits per heavy atom. The lowest BCUT2D eigenvalue weighted by atomic mass is 10.1. The second-order valence-corrected chi connectivity index (χ2v) is 7.22. The largest absolute Gasteiger partial charge is 0.480 e. The molecule has 0 saturated carbocycles. The minimum absolute atomic E-state index is 0.298. The number of hydrogen-bond acceptors (Lipinski definition) is 5. The van der Waals surface area contributed by atoms with Crippen molar-refractivity contribution in [3.8, 4) is 0 Å². The molecule has 0 bridgehead atoms. The van der Waals surface area contributed by atoms with Crippen LogP contribution in [-0.2, 0) is 9.59 Å². The van der Waals surface area contributed by atoms with Crippen LogP contribution in [0.4, 0.5) is 0 Å². The molecule has 0 aliphatic carbocycles. The van der Waals surface area contributed by atoms with Crippen molar-refractivity contribution < 1.29 is 14.7 Å². The number of carboxylic acid groups (broad SMARTS) is 1. The standard InChI is InChI=1S/C15H19N3O4S/c1-7-9(3)23-12-10(7)13(20)18(6-16-12)8(2)11(19)17-15(4,5)14(21)22/h6,8H,1-5H3,(H,17,19)(H,21,22). The van der Waals surface area contributed by atoms with Gasteiger partial charge in [-0.3, -0.25) is 14.2 Å². The fraction of sp³-hybridized carbons (Fsp3) is 0.467. The molecule has 0 aliphatic rings. The van der Waals surface area contributed by atoms with Gasteiger partial charge in [0.1, 0.15) is 16.4 Å². The number of nitrogens with zero attached hydrogens (tertiary/aromatic N) is 2. The van der Waals surface area contributed by atoms with Gasteiger partial charge in [0.25, 0.3) is 5.56 Å². The van der Waals surface area contributed by atoms with E-state index < -0.39 is 23.5 Å². The van der Waals surface area contributed by atoms with Gasteiger partial charge in [0, 0.05) is 4.88 Å². The molecule has 0 aliphatic heterocycles. The van der Waals surface area contributed by atoms with Crippen molar-refractivity contribution >= 4 is 33.4 Å². The second-order valence-electron chi connectivity index (χ2n) is 6.02. The molecule has 0 spiro atoms. The highest BCUT2D eigenvalue weighted by molar-refractivity contribution is 7.18. The van der Waals surface area contributed by atoms with Gasteiger partial charge in [-0.1, -0.05) is 0 Å². The molecule has 0 aromatic carbocycles. The average Bonchev–Trinajstić information content (AvgIpc) is 2.74. The first-order chi connectivity index (χ1) is 10.6. The summed E-state index contributed by atoms with van der Waals surface area (Å²) in [4.78, 5) is 41.9. The SMILES string of the molecule is Cc1sc2ncn(C(C)C(=O)NC(C)(C)C(=O)O)c(=O)c2c1C. The first kappa shape index (κ1) is 17.1. The van der Waals surface area contributed by atoms with Crippen LogP contribution in [0.15, 0.2) is 11.1 Å². The van der Waals surface area contributed by atoms with Gasteiger partial charge >= 0.3 is 5.97 Å². The van der Waals surface area contributed by atoms with Gasteiger partial charge < -0.3 is 10.4 Å². The number of carbonyl (C=O) groups excluding carboxylic acids is 1. The lowest BCUT2D eigenvalue weighted by Gasteiger charge is -2.24. The lowest BCUT2D eigenvalue weighted by Crippen LogP contribution is -2.52. The van der Waals surface area contributed by atoms with Crippen LogP contribution >= 0.6 is 11.3 Å². The van der Waals surface area contributed by atoms with Crippen LogP contribution < -0.4 is 10.9 Å². The molecular formula is C15H19N3O4S. The van der Waals surface area contributed by atoms with E-state index in [2.05, 4.69) is 10.3 Å². The van der Waals surface area contributed by atoms with E-state index in [9.17, 15) is 14.4 Å². The molecule has 0 radical (unpaired) electrons. The van der Waals surface area contributed by atoms with Crippen LogP contribution in [0.5, 0.6) is 0 Å². The van der Waals surface area contributed by atoms with Crippen LogP contribution in [0.2, 0.25) is 0 Å². The molecule has 1 atom stereocenters. The maximum atomic E-state index is 12.6. The maximum Gasteiger partial charge on any atom is 0.328 e. The number of carboxylic acids is 1. The lowest BCUT2D eigenvalue weighted by molar-refractivity contribution is -0.146. The summed E-state index contributed by atoms with van der Waals surface area (Å²) in [6, 6.07) is -0.863. The highest BCUT2D eigenvalue weighted by Crippen LogP contribution is 2.25. The van der Waals surface area contributed by atoms with Crippen LogP contribution in [0.1, 0.15) is 37.3 Å². The van der Waals surface area contributed by atoms with Gasteiger partial charge in [-0.15, -0.1) is 11.3 Å². The number of rotatable bonds is 4. The van der Waals surface area contributed by atoms with Crippen LogP contribution in [0.3, 0.4) is 0 Å². The van der Waals surface area contributed by atoms with Gasteiger partial charge in [-0.05, 0) is 40.2 Å². The molecule has 2 heterocycles. The smallest absolute Gasteiger partial charge is 0.328 e. The van der Waals surface area contributed by atoms with Crippen molar-refractivity contribution in [2.75, 3.05) is 0 Å². The number of aromatic nitrogens is 2. The minimum Gasteiger partial charge on any atom is -0.480 e. The summed E-state index contributed by atoms with van der Waals surface area (Å²) in [6.07, 6.45) is 1.33. The Morgan fingerprint density at radius 3 is 2.57 bits per heavy atom. The molecular weight excluding hydrogens is 318 g/mol. The van der Waals surface area contributed by atoms with Crippen molar-refractivity contribution in [2.45, 2.75) is 46.2 Å². The average molecular weight is 337 g/mol. The van der Waals surface area contributed by atoms with Crippen molar-refractivity contribution in [1.29, 1.82) is 0 Å². The maximum absolute atomic E-state index is 12.6. The second kappa shape index (κ2) is 5.77. The summed E-state index contributed by atoms with van der Waals surface area (Å²) < 4.78 is 1.23. The molecule has 23 heavy (non-hydrogen) atoms. The number of aliphatic carboxylic acids is 1. The van der Waals surface area contributed by atoms with Crippen molar-refractivity contribution in [3.63, 3.8) is 0 Å². The molecule has 8 heteroatoms. The Labute approximate surface area is 137 Å². The predicted molar refractivity (Wildman–Crippen MR) is 87.9 cm³/mol. The summed E-state index contributed by atoms with van der Waals surface area (Å²) in [5.41, 5.74) is -0.857. The van der Waals surface area contributed by atoms with E-state index in [-0.39, 0.29) is 5.56 Å². The Morgan fingerprint density at radius 2 is 2.00 bits per heavy atom. The number of amides is 1. The topological polar surface area (TPSA) is 101 Å². The number of aryl methyl sites for hydroxylation is 2. The van der Waals surface area contributed by atoms with Gasteiger partial charge in [-0.25, -0.2) is 9.78 Å². The zero-order valence-corrected chi connectivity index (χ0v) is 14.4. The Balaban J connectivity index is 2.42. The van der Waals surface area contributed by atoms with Gasteiger partial charge in [-0.2, -0.15) is 0 Å². The third-order valence-corrected chi connectivity index (χ3v) is 5.00. The summed E-state index contributed by atoms with van der Waals surface area (Å²) in [7, 11) is 0. The van der Waals surface area contributed by atoms with Crippen molar-refractivity contribution in [2.24, 2.45) is 0 Å². The molecule has 1 amide bonds. The highest BCUT2D eigenvalue weighted by atomic mass is 32.1. The van der Waals surface area contributed by atoms with Crippen LogP contribution in [-0.4, -0.2) is 32.1 Å². The van der Waals surface area contributed by atoms with Gasteiger partial charge in [0.2, 0.25) is 5.91 Å². The van der Waals surface area contributed by atoms with Crippen LogP contribution in [0.25, 0.3) is 10.2 Å². The number of carbonyl (C=O) groups is 2. The number of hydrogen-bond donors (Lipinski definition) is 2. The number of thiophene rings is 1. The predicted octanol–water partition coefficient (Wildman–Crippen LogP) is 1.62. The van der Waals surface area contributed by atoms with E-state index in [1.54, 1.807) is 0 Å². The molecule has 7 nitrogen and oxygen atoms in total. The zero-order chi connectivity index (χ0) is 17.5. The van der Waals surface area contributed by atoms with E-state index in [1.165, 1.54) is 43.0 Å². The Hall–Kier alpha value is -2.22. The molecule has 2 aromatic rings.